The van der Waals surface area contributed by atoms with Crippen LogP contribution < -0.4 is 19.9 Å². The number of hydrazine groups is 1. The molecule has 2 aliphatic heterocycles. The Morgan fingerprint density at radius 1 is 1.22 bits per heavy atom. The molecule has 8 heteroatoms. The van der Waals surface area contributed by atoms with Crippen molar-refractivity contribution >= 4 is 17.5 Å². The standard InChI is InChI=1S/C19H20N4O4/c1-3-25-19(24)18-21-23(14-7-5-4-6-8-14)17(20-22(18)2)13-9-10-15-16(11-13)27-12-26-15/h4-11,17,20H,3,12H2,1-2H3/t17-/m1/s1. The molecule has 0 unspecified atom stereocenters. The fourth-order valence-corrected chi connectivity index (χ4v) is 2.99. The number of rotatable bonds is 4. The van der Waals surface area contributed by atoms with E-state index >= 15 is 0 Å². The van der Waals surface area contributed by atoms with Crippen LogP contribution in [0.2, 0.25) is 0 Å². The Morgan fingerprint density at radius 3 is 2.78 bits per heavy atom. The summed E-state index contributed by atoms with van der Waals surface area (Å²) in [6.07, 6.45) is -0.343. The van der Waals surface area contributed by atoms with E-state index in [0.717, 1.165) is 11.3 Å². The van der Waals surface area contributed by atoms with Crippen LogP contribution in [-0.2, 0) is 9.53 Å². The molecule has 0 aromatic heterocycles. The summed E-state index contributed by atoms with van der Waals surface area (Å²) < 4.78 is 16.0. The van der Waals surface area contributed by atoms with E-state index in [9.17, 15) is 4.79 Å². The van der Waals surface area contributed by atoms with Crippen molar-refractivity contribution < 1.29 is 19.0 Å². The number of benzene rings is 2. The van der Waals surface area contributed by atoms with Crippen LogP contribution in [0.1, 0.15) is 18.7 Å². The Morgan fingerprint density at radius 2 is 2.00 bits per heavy atom. The van der Waals surface area contributed by atoms with E-state index in [1.54, 1.807) is 24.0 Å². The lowest BCUT2D eigenvalue weighted by molar-refractivity contribution is -0.136. The van der Waals surface area contributed by atoms with Crippen molar-refractivity contribution in [1.82, 2.24) is 10.4 Å². The molecule has 1 N–H and O–H groups in total. The molecule has 2 aromatic rings. The second-order valence-electron chi connectivity index (χ2n) is 6.03. The van der Waals surface area contributed by atoms with Gasteiger partial charge in [-0.3, -0.25) is 5.01 Å². The van der Waals surface area contributed by atoms with Crippen LogP contribution in [-0.4, -0.2) is 37.3 Å². The maximum Gasteiger partial charge on any atom is 0.377 e. The third kappa shape index (κ3) is 3.26. The monoisotopic (exact) mass is 368 g/mol. The molecular weight excluding hydrogens is 348 g/mol. The number of esters is 1. The van der Waals surface area contributed by atoms with Crippen LogP contribution in [0.3, 0.4) is 0 Å². The average molecular weight is 368 g/mol. The summed E-state index contributed by atoms with van der Waals surface area (Å²) in [6, 6.07) is 15.4. The van der Waals surface area contributed by atoms with Crippen molar-refractivity contribution in [3.05, 3.63) is 54.1 Å². The highest BCUT2D eigenvalue weighted by atomic mass is 16.7. The molecule has 0 amide bonds. The number of anilines is 1. The first-order valence-corrected chi connectivity index (χ1v) is 8.67. The fourth-order valence-electron chi connectivity index (χ4n) is 2.99. The Hall–Kier alpha value is -3.26. The molecule has 140 valence electrons. The highest BCUT2D eigenvalue weighted by molar-refractivity contribution is 6.35. The molecule has 0 spiro atoms. The van der Waals surface area contributed by atoms with Gasteiger partial charge in [-0.05, 0) is 36.8 Å². The van der Waals surface area contributed by atoms with Gasteiger partial charge in [0, 0.05) is 7.05 Å². The third-order valence-electron chi connectivity index (χ3n) is 4.27. The first-order valence-electron chi connectivity index (χ1n) is 8.67. The highest BCUT2D eigenvalue weighted by Crippen LogP contribution is 2.36. The third-order valence-corrected chi connectivity index (χ3v) is 4.27. The summed E-state index contributed by atoms with van der Waals surface area (Å²) in [5, 5.41) is 7.90. The Labute approximate surface area is 156 Å². The number of hydrazone groups is 1. The number of para-hydroxylation sites is 1. The summed E-state index contributed by atoms with van der Waals surface area (Å²) in [5.74, 6) is 1.09. The maximum atomic E-state index is 12.3. The topological polar surface area (TPSA) is 75.6 Å². The zero-order chi connectivity index (χ0) is 18.8. The number of likely N-dealkylation sites (N-methyl/N-ethyl adjacent to an activating group) is 1. The maximum absolute atomic E-state index is 12.3. The lowest BCUT2D eigenvalue weighted by Crippen LogP contribution is -2.55. The molecule has 0 fully saturated rings. The largest absolute Gasteiger partial charge is 0.460 e. The molecule has 0 bridgehead atoms. The van der Waals surface area contributed by atoms with E-state index in [-0.39, 0.29) is 25.4 Å². The summed E-state index contributed by atoms with van der Waals surface area (Å²) >= 11 is 0. The predicted molar refractivity (Wildman–Crippen MR) is 99.2 cm³/mol. The van der Waals surface area contributed by atoms with Crippen LogP contribution in [0, 0.1) is 0 Å². The number of carbonyl (C=O) groups is 1. The van der Waals surface area contributed by atoms with Gasteiger partial charge in [-0.1, -0.05) is 24.3 Å². The Kier molecular flexibility index (Phi) is 4.55. The van der Waals surface area contributed by atoms with Crippen molar-refractivity contribution in [3.63, 3.8) is 0 Å². The Balaban J connectivity index is 1.75. The summed E-state index contributed by atoms with van der Waals surface area (Å²) in [6.45, 7) is 2.26. The molecule has 4 rings (SSSR count). The van der Waals surface area contributed by atoms with E-state index in [4.69, 9.17) is 14.2 Å². The zero-order valence-corrected chi connectivity index (χ0v) is 15.1. The van der Waals surface area contributed by atoms with Crippen molar-refractivity contribution in [2.45, 2.75) is 13.1 Å². The van der Waals surface area contributed by atoms with E-state index in [1.807, 2.05) is 48.5 Å². The van der Waals surface area contributed by atoms with Gasteiger partial charge in [0.05, 0.1) is 12.3 Å². The van der Waals surface area contributed by atoms with Crippen LogP contribution in [0.15, 0.2) is 53.6 Å². The minimum Gasteiger partial charge on any atom is -0.460 e. The zero-order valence-electron chi connectivity index (χ0n) is 15.1. The second-order valence-corrected chi connectivity index (χ2v) is 6.03. The van der Waals surface area contributed by atoms with Crippen LogP contribution >= 0.6 is 0 Å². The second kappa shape index (κ2) is 7.16. The number of amidine groups is 1. The fraction of sp³-hybridized carbons (Fsp3) is 0.263. The van der Waals surface area contributed by atoms with Crippen LogP contribution in [0.5, 0.6) is 11.5 Å². The van der Waals surface area contributed by atoms with Gasteiger partial charge >= 0.3 is 5.97 Å². The molecule has 0 aliphatic carbocycles. The lowest BCUT2D eigenvalue weighted by atomic mass is 10.1. The van der Waals surface area contributed by atoms with Crippen molar-refractivity contribution in [3.8, 4) is 11.5 Å². The van der Waals surface area contributed by atoms with Crippen molar-refractivity contribution in [1.29, 1.82) is 0 Å². The molecule has 0 saturated heterocycles. The number of hydrogen-bond acceptors (Lipinski definition) is 8. The van der Waals surface area contributed by atoms with E-state index < -0.39 is 5.97 Å². The molecular formula is C19H20N4O4. The van der Waals surface area contributed by atoms with Gasteiger partial charge in [0.2, 0.25) is 12.6 Å². The Bertz CT molecular complexity index is 871. The van der Waals surface area contributed by atoms with Gasteiger partial charge in [-0.2, -0.15) is 0 Å². The number of carbonyl (C=O) groups excluding carboxylic acids is 1. The van der Waals surface area contributed by atoms with Gasteiger partial charge in [-0.25, -0.2) is 15.2 Å². The van der Waals surface area contributed by atoms with Gasteiger partial charge in [0.25, 0.3) is 0 Å². The van der Waals surface area contributed by atoms with Crippen LogP contribution in [0.25, 0.3) is 0 Å². The normalized spacial score (nSPS) is 18.3. The van der Waals surface area contributed by atoms with E-state index in [2.05, 4.69) is 10.5 Å². The average Bonchev–Trinajstić information content (AvgIpc) is 3.16. The highest BCUT2D eigenvalue weighted by Gasteiger charge is 2.33. The van der Waals surface area contributed by atoms with E-state index in [1.165, 1.54) is 0 Å². The lowest BCUT2D eigenvalue weighted by Gasteiger charge is -2.39. The number of nitrogens with one attached hydrogen (secondary N) is 1. The smallest absolute Gasteiger partial charge is 0.377 e. The molecule has 2 aliphatic rings. The van der Waals surface area contributed by atoms with Crippen molar-refractivity contribution in [2.75, 3.05) is 25.5 Å². The van der Waals surface area contributed by atoms with Gasteiger partial charge in [-0.15, -0.1) is 5.10 Å². The predicted octanol–water partition coefficient (Wildman–Crippen LogP) is 2.25. The number of hydrogen-bond donors (Lipinski definition) is 1. The SMILES string of the molecule is CCOC(=O)C1=NN(c2ccccc2)[C@H](c2ccc3c(c2)OCO3)NN1C. The summed E-state index contributed by atoms with van der Waals surface area (Å²) in [7, 11) is 1.73. The summed E-state index contributed by atoms with van der Waals surface area (Å²) in [4.78, 5) is 12.3. The van der Waals surface area contributed by atoms with E-state index in [0.29, 0.717) is 11.5 Å². The van der Waals surface area contributed by atoms with Crippen molar-refractivity contribution in [2.24, 2.45) is 5.10 Å². The molecule has 27 heavy (non-hydrogen) atoms. The molecule has 2 aromatic carbocycles. The molecule has 0 saturated carbocycles. The quantitative estimate of drug-likeness (QED) is 0.830. The first kappa shape index (κ1) is 17.2. The molecule has 8 nitrogen and oxygen atoms in total. The van der Waals surface area contributed by atoms with Crippen LogP contribution in [0.4, 0.5) is 5.69 Å². The number of nitrogens with zero attached hydrogens (tertiary/aromatic N) is 3. The molecule has 2 heterocycles. The van der Waals surface area contributed by atoms with Gasteiger partial charge < -0.3 is 14.2 Å². The molecule has 0 radical (unpaired) electrons. The van der Waals surface area contributed by atoms with Gasteiger partial charge in [0.1, 0.15) is 6.17 Å². The van der Waals surface area contributed by atoms with Gasteiger partial charge in [0.15, 0.2) is 11.5 Å². The first-order chi connectivity index (χ1) is 13.2. The summed E-state index contributed by atoms with van der Waals surface area (Å²) in [5.41, 5.74) is 5.05. The number of ether oxygens (including phenoxy) is 3. The molecule has 1 atom stereocenters. The number of fused-ring (bicyclic) bond motifs is 1. The minimum absolute atomic E-state index is 0.178. The minimum atomic E-state index is -0.488.